The molecule has 1 aromatic rings. The summed E-state index contributed by atoms with van der Waals surface area (Å²) < 4.78 is 38.0. The first-order valence-electron chi connectivity index (χ1n) is 7.02. The Labute approximate surface area is 127 Å². The molecule has 0 aliphatic carbocycles. The molecular formula is C14H19F3N4O. The maximum Gasteiger partial charge on any atom is 0.433 e. The van der Waals surface area contributed by atoms with Gasteiger partial charge in [-0.1, -0.05) is 20.8 Å². The summed E-state index contributed by atoms with van der Waals surface area (Å²) in [6, 6.07) is 0.946. The number of hydrogen-bond acceptors (Lipinski definition) is 4. The van der Waals surface area contributed by atoms with Crippen LogP contribution < -0.4 is 4.90 Å². The third-order valence-corrected chi connectivity index (χ3v) is 3.48. The number of carbonyl (C=O) groups is 1. The number of halogens is 3. The van der Waals surface area contributed by atoms with Crippen LogP contribution in [-0.2, 0) is 11.0 Å². The van der Waals surface area contributed by atoms with E-state index in [1.807, 2.05) is 20.8 Å². The van der Waals surface area contributed by atoms with Gasteiger partial charge >= 0.3 is 6.18 Å². The number of amides is 1. The largest absolute Gasteiger partial charge is 0.433 e. The molecule has 0 atom stereocenters. The summed E-state index contributed by atoms with van der Waals surface area (Å²) in [5.41, 5.74) is -1.41. The molecule has 0 aromatic carbocycles. The molecule has 122 valence electrons. The number of carbonyl (C=O) groups excluding carboxylic acids is 1. The maximum absolute atomic E-state index is 12.7. The number of piperazine rings is 1. The minimum atomic E-state index is -4.48. The zero-order valence-electron chi connectivity index (χ0n) is 12.8. The Morgan fingerprint density at radius 1 is 1.09 bits per heavy atom. The van der Waals surface area contributed by atoms with Crippen molar-refractivity contribution >= 4 is 11.7 Å². The summed E-state index contributed by atoms with van der Waals surface area (Å²) in [6.07, 6.45) is -3.56. The van der Waals surface area contributed by atoms with Gasteiger partial charge in [-0.15, -0.1) is 0 Å². The minimum absolute atomic E-state index is 0.0471. The van der Waals surface area contributed by atoms with E-state index in [2.05, 4.69) is 9.97 Å². The lowest BCUT2D eigenvalue weighted by atomic mass is 9.94. The number of anilines is 1. The molecule has 0 saturated carbocycles. The molecule has 1 aliphatic heterocycles. The summed E-state index contributed by atoms with van der Waals surface area (Å²) in [5, 5.41) is 0. The zero-order chi connectivity index (χ0) is 16.5. The van der Waals surface area contributed by atoms with E-state index in [4.69, 9.17) is 0 Å². The fourth-order valence-corrected chi connectivity index (χ4v) is 2.29. The molecule has 2 heterocycles. The first kappa shape index (κ1) is 16.5. The molecule has 1 saturated heterocycles. The van der Waals surface area contributed by atoms with Crippen molar-refractivity contribution in [2.75, 3.05) is 31.1 Å². The van der Waals surface area contributed by atoms with Gasteiger partial charge in [-0.25, -0.2) is 9.97 Å². The SMILES string of the molecule is CC(C)(C)C(=O)N1CCN(c2cc(C(F)(F)F)ncn2)CC1. The topological polar surface area (TPSA) is 49.3 Å². The lowest BCUT2D eigenvalue weighted by molar-refractivity contribution is -0.141. The molecule has 5 nitrogen and oxygen atoms in total. The predicted molar refractivity (Wildman–Crippen MR) is 75.3 cm³/mol. The van der Waals surface area contributed by atoms with Gasteiger partial charge in [0, 0.05) is 37.7 Å². The summed E-state index contributed by atoms with van der Waals surface area (Å²) >= 11 is 0. The fraction of sp³-hybridized carbons (Fsp3) is 0.643. The second kappa shape index (κ2) is 5.73. The van der Waals surface area contributed by atoms with Crippen molar-refractivity contribution < 1.29 is 18.0 Å². The molecule has 2 rings (SSSR count). The van der Waals surface area contributed by atoms with Gasteiger partial charge in [0.1, 0.15) is 17.8 Å². The van der Waals surface area contributed by atoms with E-state index in [0.717, 1.165) is 12.4 Å². The van der Waals surface area contributed by atoms with Crippen molar-refractivity contribution in [1.82, 2.24) is 14.9 Å². The highest BCUT2D eigenvalue weighted by Crippen LogP contribution is 2.29. The van der Waals surface area contributed by atoms with Gasteiger partial charge in [0.2, 0.25) is 5.91 Å². The van der Waals surface area contributed by atoms with Crippen molar-refractivity contribution in [3.63, 3.8) is 0 Å². The maximum atomic E-state index is 12.7. The van der Waals surface area contributed by atoms with Gasteiger partial charge in [0.25, 0.3) is 0 Å². The van der Waals surface area contributed by atoms with Crippen LogP contribution in [0.15, 0.2) is 12.4 Å². The van der Waals surface area contributed by atoms with Gasteiger partial charge in [0.15, 0.2) is 0 Å². The van der Waals surface area contributed by atoms with Crippen LogP contribution in [0.4, 0.5) is 19.0 Å². The Balaban J connectivity index is 2.05. The quantitative estimate of drug-likeness (QED) is 0.797. The van der Waals surface area contributed by atoms with Crippen molar-refractivity contribution in [3.8, 4) is 0 Å². The van der Waals surface area contributed by atoms with E-state index in [9.17, 15) is 18.0 Å². The molecule has 1 amide bonds. The Bertz CT molecular complexity index is 546. The molecule has 0 bridgehead atoms. The van der Waals surface area contributed by atoms with Crippen LogP contribution in [-0.4, -0.2) is 47.0 Å². The van der Waals surface area contributed by atoms with Crippen LogP contribution in [0, 0.1) is 5.41 Å². The lowest BCUT2D eigenvalue weighted by Gasteiger charge is -2.38. The molecule has 8 heteroatoms. The molecule has 1 aliphatic rings. The number of hydrogen-bond donors (Lipinski definition) is 0. The first-order valence-corrected chi connectivity index (χ1v) is 7.02. The molecule has 1 aromatic heterocycles. The summed E-state index contributed by atoms with van der Waals surface area (Å²) in [5.74, 6) is 0.288. The Morgan fingerprint density at radius 2 is 1.68 bits per heavy atom. The van der Waals surface area contributed by atoms with Gasteiger partial charge < -0.3 is 9.80 Å². The van der Waals surface area contributed by atoms with Gasteiger partial charge in [-0.05, 0) is 0 Å². The second-order valence-electron chi connectivity index (χ2n) is 6.29. The van der Waals surface area contributed by atoms with Crippen molar-refractivity contribution in [2.24, 2.45) is 5.41 Å². The molecule has 0 N–H and O–H groups in total. The second-order valence-corrected chi connectivity index (χ2v) is 6.29. The average Bonchev–Trinajstić information content (AvgIpc) is 2.45. The first-order chi connectivity index (χ1) is 10.1. The molecular weight excluding hydrogens is 297 g/mol. The van der Waals surface area contributed by atoms with Crippen molar-refractivity contribution in [3.05, 3.63) is 18.1 Å². The molecule has 0 spiro atoms. The number of nitrogens with zero attached hydrogens (tertiary/aromatic N) is 4. The summed E-state index contributed by atoms with van der Waals surface area (Å²) in [7, 11) is 0. The van der Waals surface area contributed by atoms with Crippen LogP contribution in [0.2, 0.25) is 0 Å². The average molecular weight is 316 g/mol. The van der Waals surface area contributed by atoms with Crippen molar-refractivity contribution in [2.45, 2.75) is 26.9 Å². The predicted octanol–water partition coefficient (Wildman–Crippen LogP) is 2.19. The molecule has 22 heavy (non-hydrogen) atoms. The third kappa shape index (κ3) is 3.66. The van der Waals surface area contributed by atoms with Gasteiger partial charge in [-0.3, -0.25) is 4.79 Å². The van der Waals surface area contributed by atoms with E-state index >= 15 is 0 Å². The van der Waals surface area contributed by atoms with E-state index in [1.54, 1.807) is 9.80 Å². The Morgan fingerprint density at radius 3 is 2.18 bits per heavy atom. The van der Waals surface area contributed by atoms with Crippen molar-refractivity contribution in [1.29, 1.82) is 0 Å². The summed E-state index contributed by atoms with van der Waals surface area (Å²) in [6.45, 7) is 7.40. The van der Waals surface area contributed by atoms with E-state index < -0.39 is 17.3 Å². The standard InChI is InChI=1S/C14H19F3N4O/c1-13(2,3)12(22)21-6-4-20(5-7-21)11-8-10(14(15,16)17)18-9-19-11/h8-9H,4-7H2,1-3H3. The van der Waals surface area contributed by atoms with Crippen LogP contribution in [0.3, 0.4) is 0 Å². The van der Waals surface area contributed by atoms with Crippen LogP contribution >= 0.6 is 0 Å². The third-order valence-electron chi connectivity index (χ3n) is 3.48. The van der Waals surface area contributed by atoms with E-state index in [-0.39, 0.29) is 11.7 Å². The Kier molecular flexibility index (Phi) is 4.30. The van der Waals surface area contributed by atoms with Crippen LogP contribution in [0.1, 0.15) is 26.5 Å². The van der Waals surface area contributed by atoms with E-state index in [0.29, 0.717) is 26.2 Å². The van der Waals surface area contributed by atoms with E-state index in [1.165, 1.54) is 0 Å². The zero-order valence-corrected chi connectivity index (χ0v) is 12.8. The van der Waals surface area contributed by atoms with Gasteiger partial charge in [0.05, 0.1) is 0 Å². The number of rotatable bonds is 1. The van der Waals surface area contributed by atoms with Crippen LogP contribution in [0.5, 0.6) is 0 Å². The molecule has 0 radical (unpaired) electrons. The highest BCUT2D eigenvalue weighted by molar-refractivity contribution is 5.81. The lowest BCUT2D eigenvalue weighted by Crippen LogP contribution is -2.51. The summed E-state index contributed by atoms with van der Waals surface area (Å²) in [4.78, 5) is 22.8. The molecule has 1 fully saturated rings. The number of alkyl halides is 3. The molecule has 0 unspecified atom stereocenters. The minimum Gasteiger partial charge on any atom is -0.353 e. The highest BCUT2D eigenvalue weighted by Gasteiger charge is 2.34. The fourth-order valence-electron chi connectivity index (χ4n) is 2.29. The smallest absolute Gasteiger partial charge is 0.353 e. The Hall–Kier alpha value is -1.86. The highest BCUT2D eigenvalue weighted by atomic mass is 19.4. The number of aromatic nitrogens is 2. The van der Waals surface area contributed by atoms with Crippen LogP contribution in [0.25, 0.3) is 0 Å². The normalized spacial score (nSPS) is 16.8. The monoisotopic (exact) mass is 316 g/mol. The van der Waals surface area contributed by atoms with Gasteiger partial charge in [-0.2, -0.15) is 13.2 Å².